The van der Waals surface area contributed by atoms with Crippen molar-refractivity contribution >= 4 is 0 Å². The highest BCUT2D eigenvalue weighted by Gasteiger charge is 2.22. The molecule has 0 aromatic carbocycles. The summed E-state index contributed by atoms with van der Waals surface area (Å²) in [6.45, 7) is 0.860. The molecule has 0 saturated carbocycles. The van der Waals surface area contributed by atoms with Gasteiger partial charge in [-0.3, -0.25) is 0 Å². The molecular formula is C11H19N3O. The number of rotatable bonds is 3. The first kappa shape index (κ1) is 10.6. The van der Waals surface area contributed by atoms with Crippen LogP contribution in [0.3, 0.4) is 0 Å². The van der Waals surface area contributed by atoms with Gasteiger partial charge in [0.05, 0.1) is 6.10 Å². The minimum absolute atomic E-state index is 0.0754. The predicted molar refractivity (Wildman–Crippen MR) is 58.5 cm³/mol. The smallest absolute Gasteiger partial charge is 0.110 e. The standard InChI is InChI=1S/C11H19N3O/c1-14-6-5-13-11(14)8-9(12)10-4-2-3-7-15-10/h5-6,9-10H,2-4,7-8,12H2,1H3. The number of ether oxygens (including phenoxy) is 1. The van der Waals surface area contributed by atoms with Gasteiger partial charge in [0.2, 0.25) is 0 Å². The Morgan fingerprint density at radius 2 is 2.53 bits per heavy atom. The van der Waals surface area contributed by atoms with E-state index in [1.807, 2.05) is 24.0 Å². The molecule has 2 unspecified atom stereocenters. The van der Waals surface area contributed by atoms with Gasteiger partial charge in [-0.05, 0) is 19.3 Å². The first-order valence-electron chi connectivity index (χ1n) is 5.61. The van der Waals surface area contributed by atoms with Crippen LogP contribution in [0.1, 0.15) is 25.1 Å². The summed E-state index contributed by atoms with van der Waals surface area (Å²) in [5.74, 6) is 1.04. The molecule has 0 radical (unpaired) electrons. The summed E-state index contributed by atoms with van der Waals surface area (Å²) in [6.07, 6.45) is 8.27. The van der Waals surface area contributed by atoms with E-state index in [9.17, 15) is 0 Å². The Labute approximate surface area is 90.4 Å². The Balaban J connectivity index is 1.91. The second-order valence-electron chi connectivity index (χ2n) is 4.23. The Bertz CT molecular complexity index is 305. The molecule has 1 fully saturated rings. The van der Waals surface area contributed by atoms with Crippen molar-refractivity contribution in [1.29, 1.82) is 0 Å². The van der Waals surface area contributed by atoms with Gasteiger partial charge in [-0.1, -0.05) is 0 Å². The Morgan fingerprint density at radius 1 is 1.67 bits per heavy atom. The van der Waals surface area contributed by atoms with Crippen molar-refractivity contribution in [3.05, 3.63) is 18.2 Å². The number of aryl methyl sites for hydroxylation is 1. The van der Waals surface area contributed by atoms with Crippen LogP contribution < -0.4 is 5.73 Å². The molecule has 1 aromatic rings. The van der Waals surface area contributed by atoms with Gasteiger partial charge in [-0.2, -0.15) is 0 Å². The zero-order chi connectivity index (χ0) is 10.7. The first-order valence-corrected chi connectivity index (χ1v) is 5.61. The number of hydrogen-bond donors (Lipinski definition) is 1. The lowest BCUT2D eigenvalue weighted by atomic mass is 10.0. The molecule has 1 aliphatic heterocycles. The van der Waals surface area contributed by atoms with Crippen molar-refractivity contribution in [2.45, 2.75) is 37.8 Å². The lowest BCUT2D eigenvalue weighted by Gasteiger charge is -2.27. The van der Waals surface area contributed by atoms with Crippen LogP contribution >= 0.6 is 0 Å². The molecule has 2 atom stereocenters. The Kier molecular flexibility index (Phi) is 3.38. The minimum Gasteiger partial charge on any atom is -0.377 e. The van der Waals surface area contributed by atoms with Crippen LogP contribution in [0.25, 0.3) is 0 Å². The molecule has 1 aromatic heterocycles. The fraction of sp³-hybridized carbons (Fsp3) is 0.727. The van der Waals surface area contributed by atoms with Crippen molar-refractivity contribution in [1.82, 2.24) is 9.55 Å². The second-order valence-corrected chi connectivity index (χ2v) is 4.23. The van der Waals surface area contributed by atoms with Crippen molar-refractivity contribution in [2.75, 3.05) is 6.61 Å². The summed E-state index contributed by atoms with van der Waals surface area (Å²) in [4.78, 5) is 4.28. The quantitative estimate of drug-likeness (QED) is 0.803. The van der Waals surface area contributed by atoms with Crippen molar-refractivity contribution < 1.29 is 4.74 Å². The normalized spacial score (nSPS) is 24.0. The number of hydrogen-bond acceptors (Lipinski definition) is 3. The molecule has 1 aliphatic rings. The lowest BCUT2D eigenvalue weighted by molar-refractivity contribution is 0.000193. The van der Waals surface area contributed by atoms with Gasteiger partial charge >= 0.3 is 0 Å². The summed E-state index contributed by atoms with van der Waals surface area (Å²) in [5.41, 5.74) is 6.13. The third-order valence-corrected chi connectivity index (χ3v) is 3.03. The van der Waals surface area contributed by atoms with Crippen LogP contribution in [0.15, 0.2) is 12.4 Å². The maximum atomic E-state index is 6.13. The number of nitrogens with two attached hydrogens (primary N) is 1. The minimum atomic E-state index is 0.0754. The summed E-state index contributed by atoms with van der Waals surface area (Å²) >= 11 is 0. The van der Waals surface area contributed by atoms with Crippen LogP contribution in [-0.2, 0) is 18.2 Å². The molecule has 0 spiro atoms. The molecule has 84 valence electrons. The Hall–Kier alpha value is -0.870. The fourth-order valence-corrected chi connectivity index (χ4v) is 2.04. The fourth-order valence-electron chi connectivity index (χ4n) is 2.04. The highest BCUT2D eigenvalue weighted by Crippen LogP contribution is 2.16. The molecular weight excluding hydrogens is 190 g/mol. The zero-order valence-corrected chi connectivity index (χ0v) is 9.22. The average molecular weight is 209 g/mol. The number of nitrogens with zero attached hydrogens (tertiary/aromatic N) is 2. The topological polar surface area (TPSA) is 53.1 Å². The molecule has 2 rings (SSSR count). The maximum absolute atomic E-state index is 6.13. The van der Waals surface area contributed by atoms with Gasteiger partial charge in [0.25, 0.3) is 0 Å². The molecule has 1 saturated heterocycles. The van der Waals surface area contributed by atoms with E-state index in [0.29, 0.717) is 0 Å². The summed E-state index contributed by atoms with van der Waals surface area (Å²) in [6, 6.07) is 0.0754. The molecule has 2 N–H and O–H groups in total. The largest absolute Gasteiger partial charge is 0.377 e. The van der Waals surface area contributed by atoms with Gasteiger partial charge < -0.3 is 15.0 Å². The van der Waals surface area contributed by atoms with E-state index in [-0.39, 0.29) is 12.1 Å². The highest BCUT2D eigenvalue weighted by molar-refractivity contribution is 4.95. The maximum Gasteiger partial charge on any atom is 0.110 e. The first-order chi connectivity index (χ1) is 7.27. The molecule has 4 heteroatoms. The molecule has 0 amide bonds. The van der Waals surface area contributed by atoms with Gasteiger partial charge in [0, 0.05) is 38.5 Å². The second kappa shape index (κ2) is 4.77. The van der Waals surface area contributed by atoms with Crippen LogP contribution in [-0.4, -0.2) is 28.3 Å². The van der Waals surface area contributed by atoms with Crippen LogP contribution in [0, 0.1) is 0 Å². The number of imidazole rings is 1. The molecule has 15 heavy (non-hydrogen) atoms. The molecule has 4 nitrogen and oxygen atoms in total. The van der Waals surface area contributed by atoms with Crippen LogP contribution in [0.5, 0.6) is 0 Å². The lowest BCUT2D eigenvalue weighted by Crippen LogP contribution is -2.41. The van der Waals surface area contributed by atoms with Crippen LogP contribution in [0.2, 0.25) is 0 Å². The van der Waals surface area contributed by atoms with Gasteiger partial charge in [0.1, 0.15) is 5.82 Å². The highest BCUT2D eigenvalue weighted by atomic mass is 16.5. The summed E-state index contributed by atoms with van der Waals surface area (Å²) in [5, 5.41) is 0. The zero-order valence-electron chi connectivity index (χ0n) is 9.22. The molecule has 0 bridgehead atoms. The van der Waals surface area contributed by atoms with E-state index in [1.54, 1.807) is 0 Å². The third-order valence-electron chi connectivity index (χ3n) is 3.03. The van der Waals surface area contributed by atoms with E-state index >= 15 is 0 Å². The van der Waals surface area contributed by atoms with Crippen molar-refractivity contribution in [3.63, 3.8) is 0 Å². The Morgan fingerprint density at radius 3 is 3.13 bits per heavy atom. The average Bonchev–Trinajstić information content (AvgIpc) is 2.66. The van der Waals surface area contributed by atoms with Gasteiger partial charge in [-0.15, -0.1) is 0 Å². The van der Waals surface area contributed by atoms with Crippen LogP contribution in [0.4, 0.5) is 0 Å². The molecule has 2 heterocycles. The monoisotopic (exact) mass is 209 g/mol. The third kappa shape index (κ3) is 2.58. The van der Waals surface area contributed by atoms with Crippen molar-refractivity contribution in [2.24, 2.45) is 12.8 Å². The van der Waals surface area contributed by atoms with E-state index in [2.05, 4.69) is 4.98 Å². The van der Waals surface area contributed by atoms with Crippen molar-refractivity contribution in [3.8, 4) is 0 Å². The summed E-state index contributed by atoms with van der Waals surface area (Å²) < 4.78 is 7.68. The van der Waals surface area contributed by atoms with E-state index in [0.717, 1.165) is 25.3 Å². The molecule has 0 aliphatic carbocycles. The van der Waals surface area contributed by atoms with E-state index < -0.39 is 0 Å². The van der Waals surface area contributed by atoms with Gasteiger partial charge in [0.15, 0.2) is 0 Å². The van der Waals surface area contributed by atoms with Gasteiger partial charge in [-0.25, -0.2) is 4.98 Å². The number of aromatic nitrogens is 2. The van der Waals surface area contributed by atoms with E-state index in [1.165, 1.54) is 12.8 Å². The summed E-state index contributed by atoms with van der Waals surface area (Å²) in [7, 11) is 2.00. The predicted octanol–water partition coefficient (Wildman–Crippen LogP) is 0.859. The van der Waals surface area contributed by atoms with E-state index in [4.69, 9.17) is 10.5 Å². The SMILES string of the molecule is Cn1ccnc1CC(N)C1CCCCO1.